The minimum atomic E-state index is 0.713. The van der Waals surface area contributed by atoms with Crippen LogP contribution in [0.4, 0.5) is 0 Å². The molecule has 0 aliphatic heterocycles. The lowest BCUT2D eigenvalue weighted by Gasteiger charge is -1.98. The van der Waals surface area contributed by atoms with Crippen LogP contribution in [0, 0.1) is 5.92 Å². The van der Waals surface area contributed by atoms with Crippen molar-refractivity contribution >= 4 is 0 Å². The second-order valence-corrected chi connectivity index (χ2v) is 2.00. The molecule has 0 radical (unpaired) electrons. The van der Waals surface area contributed by atoms with Gasteiger partial charge in [-0.25, -0.2) is 0 Å². The minimum absolute atomic E-state index is 0.713. The summed E-state index contributed by atoms with van der Waals surface area (Å²) in [5.74, 6) is 0.713. The maximum atomic E-state index is 3.68. The van der Waals surface area contributed by atoms with Gasteiger partial charge < -0.3 is 0 Å². The predicted molar refractivity (Wildman–Crippen MR) is 34.3 cm³/mol. The summed E-state index contributed by atoms with van der Waals surface area (Å²) in [6.45, 7) is 8.06. The van der Waals surface area contributed by atoms with E-state index in [9.17, 15) is 0 Å². The Morgan fingerprint density at radius 1 is 1.71 bits per heavy atom. The highest BCUT2D eigenvalue weighted by Crippen LogP contribution is 2.03. The van der Waals surface area contributed by atoms with Crippen molar-refractivity contribution in [3.05, 3.63) is 12.7 Å². The van der Waals surface area contributed by atoms with Crippen LogP contribution in [0.25, 0.3) is 0 Å². The molecule has 0 unspecified atom stereocenters. The van der Waals surface area contributed by atoms with Crippen molar-refractivity contribution in [3.8, 4) is 0 Å². The minimum Gasteiger partial charge on any atom is -0.103 e. The van der Waals surface area contributed by atoms with Gasteiger partial charge in [0.05, 0.1) is 0 Å². The van der Waals surface area contributed by atoms with E-state index in [0.717, 1.165) is 0 Å². The van der Waals surface area contributed by atoms with E-state index >= 15 is 0 Å². The molecule has 0 heterocycles. The van der Waals surface area contributed by atoms with Gasteiger partial charge in [0, 0.05) is 0 Å². The molecule has 0 aromatic carbocycles. The molecule has 0 saturated heterocycles. The van der Waals surface area contributed by atoms with Gasteiger partial charge in [-0.1, -0.05) is 26.3 Å². The van der Waals surface area contributed by atoms with E-state index in [0.29, 0.717) is 5.92 Å². The van der Waals surface area contributed by atoms with Gasteiger partial charge in [0.1, 0.15) is 0 Å². The highest BCUT2D eigenvalue weighted by Gasteiger charge is 1.89. The highest BCUT2D eigenvalue weighted by molar-refractivity contribution is 4.73. The summed E-state index contributed by atoms with van der Waals surface area (Å²) in [7, 11) is 0. The molecule has 0 aromatic heterocycles. The molecule has 0 nitrogen and oxygen atoms in total. The Labute approximate surface area is 46.2 Å². The van der Waals surface area contributed by atoms with E-state index in [1.165, 1.54) is 12.8 Å². The zero-order valence-corrected chi connectivity index (χ0v) is 5.28. The quantitative estimate of drug-likeness (QED) is 0.476. The monoisotopic (exact) mass is 98.1 g/mol. The van der Waals surface area contributed by atoms with E-state index < -0.39 is 0 Å². The fourth-order valence-electron chi connectivity index (χ4n) is 0.573. The summed E-state index contributed by atoms with van der Waals surface area (Å²) in [6.07, 6.45) is 4.56. The van der Waals surface area contributed by atoms with Crippen molar-refractivity contribution in [2.45, 2.75) is 26.7 Å². The van der Waals surface area contributed by atoms with Gasteiger partial charge >= 0.3 is 0 Å². The number of hydrogen-bond donors (Lipinski definition) is 0. The smallest absolute Gasteiger partial charge is 0.0265 e. The molecule has 0 rings (SSSR count). The average Bonchev–Trinajstić information content (AvgIpc) is 1.68. The Balaban J connectivity index is 2.98. The first kappa shape index (κ1) is 6.74. The molecule has 0 bridgehead atoms. The van der Waals surface area contributed by atoms with Gasteiger partial charge in [0.2, 0.25) is 0 Å². The van der Waals surface area contributed by atoms with Crippen molar-refractivity contribution in [2.75, 3.05) is 0 Å². The molecule has 0 aliphatic rings. The Bertz CT molecular complexity index is 46.0. The Morgan fingerprint density at radius 2 is 2.29 bits per heavy atom. The number of rotatable bonds is 3. The normalized spacial score (nSPS) is 13.4. The summed E-state index contributed by atoms with van der Waals surface area (Å²) in [5.41, 5.74) is 0. The lowest BCUT2D eigenvalue weighted by Crippen LogP contribution is -1.84. The van der Waals surface area contributed by atoms with Gasteiger partial charge in [-0.05, 0) is 12.3 Å². The van der Waals surface area contributed by atoms with Crippen LogP contribution in [0.15, 0.2) is 12.7 Å². The first-order valence-corrected chi connectivity index (χ1v) is 2.93. The third kappa shape index (κ3) is 3.57. The van der Waals surface area contributed by atoms with Gasteiger partial charge in [-0.15, -0.1) is 6.58 Å². The largest absolute Gasteiger partial charge is 0.103 e. The topological polar surface area (TPSA) is 0 Å². The van der Waals surface area contributed by atoms with Crippen LogP contribution in [0.1, 0.15) is 26.7 Å². The molecular weight excluding hydrogens is 84.1 g/mol. The molecule has 0 fully saturated rings. The third-order valence-corrected chi connectivity index (χ3v) is 1.15. The van der Waals surface area contributed by atoms with Crippen LogP contribution in [0.5, 0.6) is 0 Å². The zero-order chi connectivity index (χ0) is 5.70. The van der Waals surface area contributed by atoms with E-state index in [-0.39, 0.29) is 0 Å². The van der Waals surface area contributed by atoms with E-state index in [4.69, 9.17) is 0 Å². The van der Waals surface area contributed by atoms with Gasteiger partial charge in [0.25, 0.3) is 0 Å². The maximum absolute atomic E-state index is 3.68. The predicted octanol–water partition coefficient (Wildman–Crippen LogP) is 2.61. The van der Waals surface area contributed by atoms with E-state index in [1.807, 2.05) is 6.08 Å². The fourth-order valence-corrected chi connectivity index (χ4v) is 0.573. The zero-order valence-electron chi connectivity index (χ0n) is 5.28. The third-order valence-electron chi connectivity index (χ3n) is 1.15. The summed E-state index contributed by atoms with van der Waals surface area (Å²) in [4.78, 5) is 0. The number of allylic oxidation sites excluding steroid dienone is 1. The van der Waals surface area contributed by atoms with Crippen molar-refractivity contribution in [2.24, 2.45) is 5.92 Å². The fraction of sp³-hybridized carbons (Fsp3) is 0.714. The molecule has 0 N–H and O–H groups in total. The second-order valence-electron chi connectivity index (χ2n) is 2.00. The van der Waals surface area contributed by atoms with Crippen molar-refractivity contribution in [1.82, 2.24) is 0 Å². The van der Waals surface area contributed by atoms with Gasteiger partial charge in [0.15, 0.2) is 0 Å². The van der Waals surface area contributed by atoms with E-state index in [2.05, 4.69) is 20.4 Å². The van der Waals surface area contributed by atoms with Gasteiger partial charge in [-0.3, -0.25) is 0 Å². The maximum Gasteiger partial charge on any atom is -0.0265 e. The highest BCUT2D eigenvalue weighted by atomic mass is 13.9. The molecule has 1 atom stereocenters. The van der Waals surface area contributed by atoms with Crippen molar-refractivity contribution in [1.29, 1.82) is 0 Å². The molecule has 0 aromatic rings. The molecule has 0 spiro atoms. The summed E-state index contributed by atoms with van der Waals surface area (Å²) >= 11 is 0. The molecule has 0 aliphatic carbocycles. The summed E-state index contributed by atoms with van der Waals surface area (Å²) in [6, 6.07) is 0. The SMILES string of the molecule is C=C[C@@H](C)CCC. The van der Waals surface area contributed by atoms with Gasteiger partial charge in [-0.2, -0.15) is 0 Å². The van der Waals surface area contributed by atoms with Crippen LogP contribution < -0.4 is 0 Å². The molecule has 7 heavy (non-hydrogen) atoms. The van der Waals surface area contributed by atoms with Crippen LogP contribution in [-0.4, -0.2) is 0 Å². The lowest BCUT2D eigenvalue weighted by molar-refractivity contribution is 0.635. The molecule has 0 saturated carbocycles. The Kier molecular flexibility index (Phi) is 3.77. The van der Waals surface area contributed by atoms with Crippen LogP contribution in [0.3, 0.4) is 0 Å². The molecule has 42 valence electrons. The Hall–Kier alpha value is -0.260. The summed E-state index contributed by atoms with van der Waals surface area (Å²) in [5, 5.41) is 0. The Morgan fingerprint density at radius 3 is 2.43 bits per heavy atom. The van der Waals surface area contributed by atoms with Crippen molar-refractivity contribution in [3.63, 3.8) is 0 Å². The summed E-state index contributed by atoms with van der Waals surface area (Å²) < 4.78 is 0. The lowest BCUT2D eigenvalue weighted by atomic mass is 10.1. The average molecular weight is 98.2 g/mol. The van der Waals surface area contributed by atoms with Crippen LogP contribution in [0.2, 0.25) is 0 Å². The number of hydrogen-bond acceptors (Lipinski definition) is 0. The first-order valence-electron chi connectivity index (χ1n) is 2.93. The van der Waals surface area contributed by atoms with Crippen LogP contribution in [-0.2, 0) is 0 Å². The van der Waals surface area contributed by atoms with E-state index in [1.54, 1.807) is 0 Å². The molecule has 0 heteroatoms. The van der Waals surface area contributed by atoms with Crippen molar-refractivity contribution < 1.29 is 0 Å². The van der Waals surface area contributed by atoms with Crippen LogP contribution >= 0.6 is 0 Å². The second kappa shape index (κ2) is 3.91. The first-order chi connectivity index (χ1) is 3.31. The molecule has 0 amide bonds. The standard InChI is InChI=1S/C7H14/c1-4-6-7(3)5-2/h5,7H,2,4,6H2,1,3H3/t7-/m1/s1. The molecular formula is C7H14.